The van der Waals surface area contributed by atoms with Gasteiger partial charge in [-0.3, -0.25) is 14.9 Å². The van der Waals surface area contributed by atoms with Crippen molar-refractivity contribution in [2.24, 2.45) is 0 Å². The molecule has 7 nitrogen and oxygen atoms in total. The van der Waals surface area contributed by atoms with Crippen LogP contribution in [-0.4, -0.2) is 55.1 Å². The number of hydrogen-bond donors (Lipinski definition) is 2. The fourth-order valence-electron chi connectivity index (χ4n) is 3.84. The van der Waals surface area contributed by atoms with Gasteiger partial charge in [-0.05, 0) is 102 Å². The molecule has 1 aliphatic heterocycles. The lowest BCUT2D eigenvalue weighted by Crippen LogP contribution is -2.48. The van der Waals surface area contributed by atoms with E-state index in [1.54, 1.807) is 43.5 Å². The highest BCUT2D eigenvalue weighted by Gasteiger charge is 2.22. The third-order valence-electron chi connectivity index (χ3n) is 5.79. The normalized spacial score (nSPS) is 13.2. The number of nitrogens with zero attached hydrogens (tertiary/aromatic N) is 2. The summed E-state index contributed by atoms with van der Waals surface area (Å²) in [6.07, 6.45) is 0. The molecule has 1 fully saturated rings. The summed E-state index contributed by atoms with van der Waals surface area (Å²) in [4.78, 5) is 29.4. The van der Waals surface area contributed by atoms with E-state index in [0.717, 1.165) is 33.8 Å². The monoisotopic (exact) mass is 634 g/mol. The number of carbonyl (C=O) groups is 2. The molecule has 0 bridgehead atoms. The lowest BCUT2D eigenvalue weighted by atomic mass is 10.1. The zero-order valence-corrected chi connectivity index (χ0v) is 23.2. The van der Waals surface area contributed by atoms with Crippen LogP contribution in [0, 0.1) is 3.57 Å². The van der Waals surface area contributed by atoms with Crippen LogP contribution in [0.15, 0.2) is 66.7 Å². The van der Waals surface area contributed by atoms with E-state index < -0.39 is 0 Å². The third-order valence-corrected chi connectivity index (χ3v) is 7.00. The molecule has 0 radical (unpaired) electrons. The van der Waals surface area contributed by atoms with Crippen LogP contribution in [0.4, 0.5) is 11.4 Å². The van der Waals surface area contributed by atoms with E-state index in [9.17, 15) is 9.59 Å². The number of nitrogens with one attached hydrogen (secondary N) is 2. The Hall–Kier alpha value is -2.89. The molecule has 4 rings (SSSR count). The van der Waals surface area contributed by atoms with Gasteiger partial charge in [0, 0.05) is 46.7 Å². The van der Waals surface area contributed by atoms with Crippen LogP contribution < -0.4 is 20.3 Å². The number of carbonyl (C=O) groups excluding carboxylic acids is 2. The van der Waals surface area contributed by atoms with Crippen LogP contribution in [0.5, 0.6) is 5.75 Å². The molecular formula is C26H24ClIN4O3S. The summed E-state index contributed by atoms with van der Waals surface area (Å²) >= 11 is 13.6. The maximum absolute atomic E-state index is 12.8. The summed E-state index contributed by atoms with van der Waals surface area (Å²) in [5.41, 5.74) is 2.84. The summed E-state index contributed by atoms with van der Waals surface area (Å²) in [6, 6.07) is 20.2. The van der Waals surface area contributed by atoms with Crippen LogP contribution in [0.1, 0.15) is 20.7 Å². The number of anilines is 2. The maximum Gasteiger partial charge on any atom is 0.258 e. The number of rotatable bonds is 5. The van der Waals surface area contributed by atoms with Crippen LogP contribution >= 0.6 is 46.4 Å². The number of amides is 2. The molecule has 0 saturated carbocycles. The molecule has 0 aliphatic carbocycles. The van der Waals surface area contributed by atoms with E-state index in [-0.39, 0.29) is 16.9 Å². The molecule has 0 aromatic heterocycles. The Bertz CT molecular complexity index is 1260. The molecule has 1 saturated heterocycles. The molecule has 1 aliphatic rings. The molecule has 3 aromatic rings. The molecular weight excluding hydrogens is 611 g/mol. The number of piperazine rings is 1. The number of halogens is 2. The SMILES string of the molecule is COc1ccc(C(=O)N2CCN(c3ccc(NC(=S)NC(=O)c4cc(I)ccc4Cl)cc3)CC2)cc1. The minimum Gasteiger partial charge on any atom is -0.497 e. The topological polar surface area (TPSA) is 73.9 Å². The van der Waals surface area contributed by atoms with Gasteiger partial charge in [0.05, 0.1) is 17.7 Å². The van der Waals surface area contributed by atoms with Crippen LogP contribution in [0.3, 0.4) is 0 Å². The van der Waals surface area contributed by atoms with Crippen molar-refractivity contribution < 1.29 is 14.3 Å². The Morgan fingerprint density at radius 1 is 0.972 bits per heavy atom. The quantitative estimate of drug-likeness (QED) is 0.303. The Morgan fingerprint density at radius 3 is 2.28 bits per heavy atom. The fourth-order valence-corrected chi connectivity index (χ4v) is 4.75. The largest absolute Gasteiger partial charge is 0.497 e. The Morgan fingerprint density at radius 2 is 1.64 bits per heavy atom. The van der Waals surface area contributed by atoms with Gasteiger partial charge in [-0.2, -0.15) is 0 Å². The summed E-state index contributed by atoms with van der Waals surface area (Å²) in [5, 5.41) is 6.25. The van der Waals surface area contributed by atoms with Crippen molar-refractivity contribution in [2.45, 2.75) is 0 Å². The van der Waals surface area contributed by atoms with Crippen LogP contribution in [0.2, 0.25) is 5.02 Å². The molecule has 10 heteroatoms. The number of ether oxygens (including phenoxy) is 1. The first-order valence-electron chi connectivity index (χ1n) is 11.2. The lowest BCUT2D eigenvalue weighted by molar-refractivity contribution is 0.0746. The van der Waals surface area contributed by atoms with Crippen molar-refractivity contribution in [2.75, 3.05) is 43.5 Å². The van der Waals surface area contributed by atoms with E-state index in [0.29, 0.717) is 29.2 Å². The van der Waals surface area contributed by atoms with Gasteiger partial charge in [0.1, 0.15) is 5.75 Å². The van der Waals surface area contributed by atoms with E-state index in [4.69, 9.17) is 28.6 Å². The van der Waals surface area contributed by atoms with Gasteiger partial charge < -0.3 is 19.9 Å². The predicted molar refractivity (Wildman–Crippen MR) is 155 cm³/mol. The van der Waals surface area contributed by atoms with Gasteiger partial charge in [-0.15, -0.1) is 0 Å². The van der Waals surface area contributed by atoms with Gasteiger partial charge in [-0.25, -0.2) is 0 Å². The molecule has 186 valence electrons. The fraction of sp³-hybridized carbons (Fsp3) is 0.192. The van der Waals surface area contributed by atoms with E-state index in [2.05, 4.69) is 38.1 Å². The highest BCUT2D eigenvalue weighted by molar-refractivity contribution is 14.1. The number of benzene rings is 3. The minimum atomic E-state index is -0.366. The molecule has 0 spiro atoms. The molecule has 2 N–H and O–H groups in total. The number of thiocarbonyl (C=S) groups is 1. The minimum absolute atomic E-state index is 0.0268. The van der Waals surface area contributed by atoms with Gasteiger partial charge >= 0.3 is 0 Å². The van der Waals surface area contributed by atoms with Crippen molar-refractivity contribution in [1.82, 2.24) is 10.2 Å². The summed E-state index contributed by atoms with van der Waals surface area (Å²) in [6.45, 7) is 2.75. The van der Waals surface area contributed by atoms with E-state index in [1.165, 1.54) is 0 Å². The highest BCUT2D eigenvalue weighted by Crippen LogP contribution is 2.22. The Labute approximate surface area is 233 Å². The number of methoxy groups -OCH3 is 1. The maximum atomic E-state index is 12.8. The van der Waals surface area contributed by atoms with Crippen molar-refractivity contribution >= 4 is 74.7 Å². The smallest absolute Gasteiger partial charge is 0.258 e. The summed E-state index contributed by atoms with van der Waals surface area (Å²) in [7, 11) is 1.60. The summed E-state index contributed by atoms with van der Waals surface area (Å²) < 4.78 is 6.07. The van der Waals surface area contributed by atoms with Gasteiger partial charge in [-0.1, -0.05) is 11.6 Å². The van der Waals surface area contributed by atoms with Crippen molar-refractivity contribution in [3.63, 3.8) is 0 Å². The first-order valence-corrected chi connectivity index (χ1v) is 13.1. The van der Waals surface area contributed by atoms with Crippen LogP contribution in [0.25, 0.3) is 0 Å². The second-order valence-electron chi connectivity index (χ2n) is 8.09. The third kappa shape index (κ3) is 6.45. The van der Waals surface area contributed by atoms with Crippen molar-refractivity contribution in [1.29, 1.82) is 0 Å². The average Bonchev–Trinajstić information content (AvgIpc) is 2.90. The second-order valence-corrected chi connectivity index (χ2v) is 10.1. The first kappa shape index (κ1) is 26.2. The van der Waals surface area contributed by atoms with E-state index >= 15 is 0 Å². The van der Waals surface area contributed by atoms with Gasteiger partial charge in [0.2, 0.25) is 0 Å². The van der Waals surface area contributed by atoms with Crippen LogP contribution in [-0.2, 0) is 0 Å². The lowest BCUT2D eigenvalue weighted by Gasteiger charge is -2.36. The molecule has 36 heavy (non-hydrogen) atoms. The van der Waals surface area contributed by atoms with Crippen molar-refractivity contribution in [3.05, 3.63) is 86.4 Å². The van der Waals surface area contributed by atoms with E-state index in [1.807, 2.05) is 35.2 Å². The number of hydrogen-bond acceptors (Lipinski definition) is 5. The van der Waals surface area contributed by atoms with Gasteiger partial charge in [0.25, 0.3) is 11.8 Å². The van der Waals surface area contributed by atoms with Crippen molar-refractivity contribution in [3.8, 4) is 5.75 Å². The zero-order valence-electron chi connectivity index (χ0n) is 19.5. The summed E-state index contributed by atoms with van der Waals surface area (Å²) in [5.74, 6) is 0.390. The van der Waals surface area contributed by atoms with Gasteiger partial charge in [0.15, 0.2) is 5.11 Å². The highest BCUT2D eigenvalue weighted by atomic mass is 127. The zero-order chi connectivity index (χ0) is 25.7. The molecule has 0 unspecified atom stereocenters. The molecule has 0 atom stereocenters. The standard InChI is InChI=1S/C26H24ClIN4O3S/c1-35-21-9-2-17(3-10-21)25(34)32-14-12-31(13-15-32)20-7-5-19(6-8-20)29-26(36)30-24(33)22-16-18(28)4-11-23(22)27/h2-11,16H,12-15H2,1H3,(H2,29,30,33,36). The second kappa shape index (κ2) is 11.9. The average molecular weight is 635 g/mol. The molecule has 2 amide bonds. The predicted octanol–water partition coefficient (Wildman–Crippen LogP) is 5.04. The molecule has 3 aromatic carbocycles. The molecule has 1 heterocycles. The first-order chi connectivity index (χ1) is 17.3. The Kier molecular flexibility index (Phi) is 8.65. The Balaban J connectivity index is 1.28.